The van der Waals surface area contributed by atoms with Crippen LogP contribution in [0.4, 0.5) is 15.8 Å². The van der Waals surface area contributed by atoms with E-state index in [9.17, 15) is 0 Å². The minimum atomic E-state index is -0.505. The Morgan fingerprint density at radius 1 is 1.12 bits per heavy atom. The molecule has 3 aromatic rings. The number of nitriles is 1. The summed E-state index contributed by atoms with van der Waals surface area (Å²) in [4.78, 5) is 6.25. The molecular formula is C25H26FN3O3. The molecule has 166 valence electrons. The molecule has 0 N–H and O–H groups in total. The summed E-state index contributed by atoms with van der Waals surface area (Å²) >= 11 is 0. The van der Waals surface area contributed by atoms with Crippen molar-refractivity contribution < 1.29 is 18.6 Å². The van der Waals surface area contributed by atoms with E-state index < -0.39 is 5.82 Å². The normalized spacial score (nSPS) is 10.5. The number of anilines is 2. The number of hydrogen-bond donors (Lipinski definition) is 0. The molecule has 0 aliphatic heterocycles. The van der Waals surface area contributed by atoms with Gasteiger partial charge in [0.25, 0.3) is 0 Å². The van der Waals surface area contributed by atoms with Crippen LogP contribution in [0.5, 0.6) is 17.4 Å². The maximum absolute atomic E-state index is 15.7. The third kappa shape index (κ3) is 5.46. The van der Waals surface area contributed by atoms with E-state index in [0.717, 1.165) is 0 Å². The summed E-state index contributed by atoms with van der Waals surface area (Å²) < 4.78 is 32.3. The summed E-state index contributed by atoms with van der Waals surface area (Å²) in [6.07, 6.45) is -0.211. The maximum atomic E-state index is 15.7. The zero-order valence-corrected chi connectivity index (χ0v) is 18.6. The number of aromatic nitrogens is 1. The van der Waals surface area contributed by atoms with Crippen molar-refractivity contribution >= 4 is 11.4 Å². The van der Waals surface area contributed by atoms with Crippen molar-refractivity contribution in [3.8, 4) is 23.4 Å². The van der Waals surface area contributed by atoms with Crippen molar-refractivity contribution in [3.63, 3.8) is 0 Å². The minimum Gasteiger partial charge on any atom is -0.494 e. The Hall–Kier alpha value is -3.79. The van der Waals surface area contributed by atoms with Gasteiger partial charge in [-0.2, -0.15) is 5.26 Å². The van der Waals surface area contributed by atoms with Gasteiger partial charge < -0.3 is 19.1 Å². The first-order valence-electron chi connectivity index (χ1n) is 10.4. The first-order valence-corrected chi connectivity index (χ1v) is 10.4. The summed E-state index contributed by atoms with van der Waals surface area (Å²) in [5.41, 5.74) is 2.17. The average Bonchev–Trinajstić information content (AvgIpc) is 2.80. The first-order chi connectivity index (χ1) is 15.4. The topological polar surface area (TPSA) is 67.6 Å². The Bertz CT molecular complexity index is 1090. The highest BCUT2D eigenvalue weighted by Gasteiger charge is 2.21. The largest absolute Gasteiger partial charge is 0.494 e. The van der Waals surface area contributed by atoms with Gasteiger partial charge in [-0.1, -0.05) is 6.07 Å². The van der Waals surface area contributed by atoms with Gasteiger partial charge in [0.2, 0.25) is 5.88 Å². The van der Waals surface area contributed by atoms with E-state index >= 15 is 4.39 Å². The zero-order valence-electron chi connectivity index (χ0n) is 18.6. The van der Waals surface area contributed by atoms with Crippen LogP contribution < -0.4 is 19.1 Å². The lowest BCUT2D eigenvalue weighted by atomic mass is 10.1. The molecule has 0 aliphatic carbocycles. The Labute approximate surface area is 187 Å². The SMILES string of the molecule is CCOc1cc(OC(C)C)c(F)c(N(Cc2cccc(OC)n2)c2ccc(C#N)cc2)c1. The van der Waals surface area contributed by atoms with Gasteiger partial charge in [-0.05, 0) is 51.1 Å². The van der Waals surface area contributed by atoms with E-state index in [2.05, 4.69) is 11.1 Å². The third-order valence-electron chi connectivity index (χ3n) is 4.58. The van der Waals surface area contributed by atoms with Gasteiger partial charge in [0.05, 0.1) is 49.4 Å². The highest BCUT2D eigenvalue weighted by molar-refractivity contribution is 5.68. The molecule has 0 radical (unpaired) electrons. The highest BCUT2D eigenvalue weighted by atomic mass is 19.1. The van der Waals surface area contributed by atoms with Gasteiger partial charge in [0.1, 0.15) is 5.75 Å². The molecule has 7 heteroatoms. The fourth-order valence-electron chi connectivity index (χ4n) is 3.20. The lowest BCUT2D eigenvalue weighted by Gasteiger charge is -2.27. The fourth-order valence-corrected chi connectivity index (χ4v) is 3.20. The second-order valence-electron chi connectivity index (χ2n) is 7.27. The van der Waals surface area contributed by atoms with Crippen LogP contribution in [0.2, 0.25) is 0 Å². The summed E-state index contributed by atoms with van der Waals surface area (Å²) in [7, 11) is 1.55. The molecule has 1 aromatic heterocycles. The van der Waals surface area contributed by atoms with E-state index in [-0.39, 0.29) is 24.1 Å². The molecule has 6 nitrogen and oxygen atoms in total. The number of ether oxygens (including phenoxy) is 3. The van der Waals surface area contributed by atoms with Gasteiger partial charge in [-0.3, -0.25) is 0 Å². The van der Waals surface area contributed by atoms with Crippen LogP contribution in [0, 0.1) is 17.1 Å². The lowest BCUT2D eigenvalue weighted by Crippen LogP contribution is -2.20. The summed E-state index contributed by atoms with van der Waals surface area (Å²) in [6, 6.07) is 17.7. The number of hydrogen-bond acceptors (Lipinski definition) is 6. The van der Waals surface area contributed by atoms with Crippen LogP contribution in [-0.4, -0.2) is 24.8 Å². The molecule has 0 saturated heterocycles. The van der Waals surface area contributed by atoms with E-state index in [1.807, 2.05) is 32.9 Å². The monoisotopic (exact) mass is 435 g/mol. The highest BCUT2D eigenvalue weighted by Crippen LogP contribution is 2.38. The van der Waals surface area contributed by atoms with Crippen LogP contribution in [0.1, 0.15) is 32.0 Å². The Morgan fingerprint density at radius 3 is 2.50 bits per heavy atom. The molecular weight excluding hydrogens is 409 g/mol. The van der Waals surface area contributed by atoms with Crippen LogP contribution in [-0.2, 0) is 6.54 Å². The summed E-state index contributed by atoms with van der Waals surface area (Å²) in [6.45, 7) is 6.23. The molecule has 0 fully saturated rings. The molecule has 0 unspecified atom stereocenters. The van der Waals surface area contributed by atoms with Gasteiger partial charge in [-0.25, -0.2) is 9.37 Å². The van der Waals surface area contributed by atoms with Crippen LogP contribution in [0.25, 0.3) is 0 Å². The predicted octanol–water partition coefficient (Wildman–Crippen LogP) is 5.63. The van der Waals surface area contributed by atoms with Crippen molar-refractivity contribution in [1.82, 2.24) is 4.98 Å². The minimum absolute atomic E-state index is 0.109. The molecule has 1 heterocycles. The molecule has 0 amide bonds. The Balaban J connectivity index is 2.14. The average molecular weight is 435 g/mol. The van der Waals surface area contributed by atoms with Gasteiger partial charge in [-0.15, -0.1) is 0 Å². The van der Waals surface area contributed by atoms with Crippen molar-refractivity contribution in [3.05, 3.63) is 71.7 Å². The summed E-state index contributed by atoms with van der Waals surface area (Å²) in [5.74, 6) is 0.569. The van der Waals surface area contributed by atoms with Crippen molar-refractivity contribution in [2.75, 3.05) is 18.6 Å². The zero-order chi connectivity index (χ0) is 23.1. The van der Waals surface area contributed by atoms with E-state index in [1.54, 1.807) is 54.5 Å². The van der Waals surface area contributed by atoms with Gasteiger partial charge in [0, 0.05) is 23.9 Å². The number of nitrogens with zero attached hydrogens (tertiary/aromatic N) is 3. The maximum Gasteiger partial charge on any atom is 0.213 e. The number of methoxy groups -OCH3 is 1. The second kappa shape index (κ2) is 10.5. The molecule has 32 heavy (non-hydrogen) atoms. The standard InChI is InChI=1S/C25H26FN3O3/c1-5-31-21-13-22(25(26)23(14-21)32-17(2)3)29(20-11-9-18(15-27)10-12-20)16-19-7-6-8-24(28-19)30-4/h6-14,17H,5,16H2,1-4H3. The van der Waals surface area contributed by atoms with Crippen LogP contribution in [0.15, 0.2) is 54.6 Å². The Morgan fingerprint density at radius 2 is 1.88 bits per heavy atom. The lowest BCUT2D eigenvalue weighted by molar-refractivity contribution is 0.229. The molecule has 3 rings (SSSR count). The van der Waals surface area contributed by atoms with E-state index in [0.29, 0.717) is 35.2 Å². The number of rotatable bonds is 9. The number of halogens is 1. The number of pyridine rings is 1. The smallest absolute Gasteiger partial charge is 0.213 e. The Kier molecular flexibility index (Phi) is 7.50. The van der Waals surface area contributed by atoms with E-state index in [1.165, 1.54) is 0 Å². The third-order valence-corrected chi connectivity index (χ3v) is 4.58. The molecule has 0 atom stereocenters. The second-order valence-corrected chi connectivity index (χ2v) is 7.27. The van der Waals surface area contributed by atoms with E-state index in [4.69, 9.17) is 19.5 Å². The fraction of sp³-hybridized carbons (Fsp3) is 0.280. The molecule has 0 spiro atoms. The van der Waals surface area contributed by atoms with Crippen molar-refractivity contribution in [2.45, 2.75) is 33.4 Å². The molecule has 0 bridgehead atoms. The predicted molar refractivity (Wildman–Crippen MR) is 121 cm³/mol. The van der Waals surface area contributed by atoms with Crippen LogP contribution in [0.3, 0.4) is 0 Å². The molecule has 0 aliphatic rings. The number of benzene rings is 2. The van der Waals surface area contributed by atoms with Crippen LogP contribution >= 0.6 is 0 Å². The van der Waals surface area contributed by atoms with Crippen molar-refractivity contribution in [1.29, 1.82) is 5.26 Å². The quantitative estimate of drug-likeness (QED) is 0.434. The van der Waals surface area contributed by atoms with Gasteiger partial charge in [0.15, 0.2) is 11.6 Å². The molecule has 2 aromatic carbocycles. The summed E-state index contributed by atoms with van der Waals surface area (Å²) in [5, 5.41) is 9.16. The van der Waals surface area contributed by atoms with Gasteiger partial charge >= 0.3 is 0 Å². The molecule has 0 saturated carbocycles. The van der Waals surface area contributed by atoms with Crippen molar-refractivity contribution in [2.24, 2.45) is 0 Å². The first kappa shape index (κ1) is 22.9.